The number of carbonyl (C=O) groups is 1. The maximum Gasteiger partial charge on any atom is 0.187 e. The van der Waals surface area contributed by atoms with Gasteiger partial charge in [-0.3, -0.25) is 4.79 Å². The third-order valence-electron chi connectivity index (χ3n) is 1.85. The minimum atomic E-state index is -0.140. The molecule has 0 aliphatic carbocycles. The molecule has 6 heteroatoms. The van der Waals surface area contributed by atoms with E-state index >= 15 is 0 Å². The molecule has 0 aliphatic rings. The van der Waals surface area contributed by atoms with Gasteiger partial charge >= 0.3 is 0 Å². The van der Waals surface area contributed by atoms with Crippen LogP contribution in [0.1, 0.15) is 10.4 Å². The van der Waals surface area contributed by atoms with Crippen LogP contribution in [0.4, 0.5) is 0 Å². The summed E-state index contributed by atoms with van der Waals surface area (Å²) in [5, 5.41) is 11.3. The van der Waals surface area contributed by atoms with Crippen molar-refractivity contribution in [2.45, 2.75) is 6.54 Å². The first-order valence-corrected chi connectivity index (χ1v) is 4.63. The minimum Gasteiger partial charge on any atom is -0.292 e. The maximum absolute atomic E-state index is 11.7. The van der Waals surface area contributed by atoms with Gasteiger partial charge in [0, 0.05) is 5.56 Å². The van der Waals surface area contributed by atoms with Crippen molar-refractivity contribution in [3.63, 3.8) is 0 Å². The van der Waals surface area contributed by atoms with E-state index in [1.165, 1.54) is 11.1 Å². The summed E-state index contributed by atoms with van der Waals surface area (Å²) in [7, 11) is 0. The van der Waals surface area contributed by atoms with Crippen LogP contribution >= 0.6 is 11.6 Å². The van der Waals surface area contributed by atoms with Gasteiger partial charge in [-0.1, -0.05) is 23.7 Å². The molecule has 0 saturated carbocycles. The summed E-state index contributed by atoms with van der Waals surface area (Å²) in [6, 6.07) is 6.87. The number of tetrazole rings is 1. The zero-order valence-corrected chi connectivity index (χ0v) is 8.42. The number of nitrogens with zero attached hydrogens (tertiary/aromatic N) is 4. The van der Waals surface area contributed by atoms with Crippen LogP contribution in [0.15, 0.2) is 30.6 Å². The Balaban J connectivity index is 2.19. The molecule has 0 saturated heterocycles. The van der Waals surface area contributed by atoms with Gasteiger partial charge in [0.15, 0.2) is 12.1 Å². The lowest BCUT2D eigenvalue weighted by atomic mass is 10.1. The van der Waals surface area contributed by atoms with Gasteiger partial charge < -0.3 is 0 Å². The van der Waals surface area contributed by atoms with E-state index in [1.807, 2.05) is 0 Å². The number of hydrogen-bond acceptors (Lipinski definition) is 4. The lowest BCUT2D eigenvalue weighted by Gasteiger charge is -2.01. The van der Waals surface area contributed by atoms with Crippen LogP contribution in [0.5, 0.6) is 0 Å². The number of hydrogen-bond donors (Lipinski definition) is 0. The average molecular weight is 223 g/mol. The molecule has 0 radical (unpaired) electrons. The quantitative estimate of drug-likeness (QED) is 0.733. The Kier molecular flexibility index (Phi) is 2.73. The van der Waals surface area contributed by atoms with Crippen molar-refractivity contribution in [2.24, 2.45) is 0 Å². The second-order valence-corrected chi connectivity index (χ2v) is 3.28. The molecule has 1 heterocycles. The fourth-order valence-corrected chi connectivity index (χ4v) is 1.40. The molecule has 0 aliphatic heterocycles. The Labute approximate surface area is 90.7 Å². The van der Waals surface area contributed by atoms with Crippen LogP contribution in [0.2, 0.25) is 5.02 Å². The van der Waals surface area contributed by atoms with E-state index in [-0.39, 0.29) is 12.3 Å². The monoisotopic (exact) mass is 222 g/mol. The molecule has 1 aromatic carbocycles. The second kappa shape index (κ2) is 4.18. The summed E-state index contributed by atoms with van der Waals surface area (Å²) < 4.78 is 0. The van der Waals surface area contributed by atoms with Crippen LogP contribution < -0.4 is 0 Å². The standard InChI is InChI=1S/C9H7ClN4O/c10-8-4-2-1-3-7(8)9(15)5-14-12-6-11-13-14/h1-4,6H,5H2. The van der Waals surface area contributed by atoms with Gasteiger partial charge in [-0.15, -0.1) is 10.2 Å². The topological polar surface area (TPSA) is 60.7 Å². The predicted octanol–water partition coefficient (Wildman–Crippen LogP) is 1.21. The lowest BCUT2D eigenvalue weighted by molar-refractivity contribution is 0.0961. The molecule has 0 amide bonds. The molecule has 5 nitrogen and oxygen atoms in total. The minimum absolute atomic E-state index is 0.0454. The highest BCUT2D eigenvalue weighted by Gasteiger charge is 2.10. The van der Waals surface area contributed by atoms with Crippen molar-refractivity contribution in [3.8, 4) is 0 Å². The largest absolute Gasteiger partial charge is 0.292 e. The molecule has 1 aromatic heterocycles. The highest BCUT2D eigenvalue weighted by Crippen LogP contribution is 2.15. The molecule has 0 N–H and O–H groups in total. The molecule has 0 bridgehead atoms. The molecular formula is C9H7ClN4O. The van der Waals surface area contributed by atoms with Crippen molar-refractivity contribution in [3.05, 3.63) is 41.2 Å². The smallest absolute Gasteiger partial charge is 0.187 e. The van der Waals surface area contributed by atoms with Crippen molar-refractivity contribution >= 4 is 17.4 Å². The predicted molar refractivity (Wildman–Crippen MR) is 53.6 cm³/mol. The molecule has 2 aromatic rings. The van der Waals surface area contributed by atoms with Crippen molar-refractivity contribution in [1.82, 2.24) is 20.2 Å². The first-order chi connectivity index (χ1) is 7.27. The third-order valence-corrected chi connectivity index (χ3v) is 2.18. The van der Waals surface area contributed by atoms with Crippen LogP contribution in [-0.2, 0) is 6.54 Å². The molecule has 15 heavy (non-hydrogen) atoms. The van der Waals surface area contributed by atoms with Crippen molar-refractivity contribution < 1.29 is 4.79 Å². The molecule has 0 spiro atoms. The summed E-state index contributed by atoms with van der Waals surface area (Å²) in [5.74, 6) is -0.140. The summed E-state index contributed by atoms with van der Waals surface area (Å²) in [5.41, 5.74) is 0.469. The van der Waals surface area contributed by atoms with E-state index in [0.717, 1.165) is 0 Å². The van der Waals surface area contributed by atoms with E-state index in [2.05, 4.69) is 15.4 Å². The number of aromatic nitrogens is 4. The van der Waals surface area contributed by atoms with Gasteiger partial charge in [0.1, 0.15) is 6.54 Å². The van der Waals surface area contributed by atoms with Gasteiger partial charge in [0.25, 0.3) is 0 Å². The highest BCUT2D eigenvalue weighted by atomic mass is 35.5. The van der Waals surface area contributed by atoms with Crippen molar-refractivity contribution in [1.29, 1.82) is 0 Å². The summed E-state index contributed by atoms with van der Waals surface area (Å²) in [4.78, 5) is 12.9. The van der Waals surface area contributed by atoms with E-state index in [0.29, 0.717) is 10.6 Å². The zero-order valence-electron chi connectivity index (χ0n) is 7.67. The Bertz CT molecular complexity index is 469. The maximum atomic E-state index is 11.7. The Morgan fingerprint density at radius 3 is 2.87 bits per heavy atom. The third kappa shape index (κ3) is 2.19. The number of ketones is 1. The van der Waals surface area contributed by atoms with E-state index in [4.69, 9.17) is 11.6 Å². The molecule has 76 valence electrons. The first kappa shape index (κ1) is 9.79. The summed E-state index contributed by atoms with van der Waals surface area (Å²) in [6.45, 7) is 0.0454. The second-order valence-electron chi connectivity index (χ2n) is 2.87. The van der Waals surface area contributed by atoms with Crippen LogP contribution in [-0.4, -0.2) is 26.0 Å². The lowest BCUT2D eigenvalue weighted by Crippen LogP contribution is -2.13. The van der Waals surface area contributed by atoms with Gasteiger partial charge in [-0.2, -0.15) is 4.80 Å². The number of benzene rings is 1. The van der Waals surface area contributed by atoms with E-state index in [1.54, 1.807) is 24.3 Å². The normalized spacial score (nSPS) is 10.2. The molecule has 0 fully saturated rings. The SMILES string of the molecule is O=C(Cn1ncnn1)c1ccccc1Cl. The Morgan fingerprint density at radius 2 is 2.20 bits per heavy atom. The summed E-state index contributed by atoms with van der Waals surface area (Å²) >= 11 is 5.87. The molecular weight excluding hydrogens is 216 g/mol. The average Bonchev–Trinajstić information content (AvgIpc) is 2.71. The fraction of sp³-hybridized carbons (Fsp3) is 0.111. The zero-order chi connectivity index (χ0) is 10.7. The molecule has 0 unspecified atom stereocenters. The van der Waals surface area contributed by atoms with Gasteiger partial charge in [0.2, 0.25) is 0 Å². The summed E-state index contributed by atoms with van der Waals surface area (Å²) in [6.07, 6.45) is 1.28. The van der Waals surface area contributed by atoms with Crippen molar-refractivity contribution in [2.75, 3.05) is 0 Å². The number of Topliss-reactive ketones (excluding diaryl/α,β-unsaturated/α-hetero) is 1. The number of halogens is 1. The highest BCUT2D eigenvalue weighted by molar-refractivity contribution is 6.33. The first-order valence-electron chi connectivity index (χ1n) is 4.26. The molecule has 0 atom stereocenters. The van der Waals surface area contributed by atoms with Gasteiger partial charge in [-0.05, 0) is 17.3 Å². The van der Waals surface area contributed by atoms with E-state index < -0.39 is 0 Å². The van der Waals surface area contributed by atoms with E-state index in [9.17, 15) is 4.79 Å². The number of rotatable bonds is 3. The Hall–Kier alpha value is -1.75. The van der Waals surface area contributed by atoms with Gasteiger partial charge in [-0.25, -0.2) is 0 Å². The van der Waals surface area contributed by atoms with Crippen LogP contribution in [0.3, 0.4) is 0 Å². The molecule has 2 rings (SSSR count). The van der Waals surface area contributed by atoms with Crippen LogP contribution in [0, 0.1) is 0 Å². The number of carbonyl (C=O) groups excluding carboxylic acids is 1. The Morgan fingerprint density at radius 1 is 1.40 bits per heavy atom. The van der Waals surface area contributed by atoms with Crippen LogP contribution in [0.25, 0.3) is 0 Å². The van der Waals surface area contributed by atoms with Gasteiger partial charge in [0.05, 0.1) is 5.02 Å². The fourth-order valence-electron chi connectivity index (χ4n) is 1.16.